The summed E-state index contributed by atoms with van der Waals surface area (Å²) in [4.78, 5) is 10.5. The maximum Gasteiger partial charge on any atom is 0.332 e. The van der Waals surface area contributed by atoms with E-state index < -0.39 is 6.03 Å². The van der Waals surface area contributed by atoms with Crippen molar-refractivity contribution in [2.24, 2.45) is 10.8 Å². The SMILES string of the molecule is C/C(=N\NC(N)=O)c1cc(C)ccc1C. The van der Waals surface area contributed by atoms with Crippen LogP contribution in [0, 0.1) is 13.8 Å². The van der Waals surface area contributed by atoms with Crippen LogP contribution in [-0.2, 0) is 0 Å². The molecule has 0 heterocycles. The highest BCUT2D eigenvalue weighted by Gasteiger charge is 2.02. The largest absolute Gasteiger partial charge is 0.350 e. The van der Waals surface area contributed by atoms with E-state index in [1.807, 2.05) is 39.0 Å². The number of amides is 2. The van der Waals surface area contributed by atoms with Gasteiger partial charge in [-0.05, 0) is 32.4 Å². The van der Waals surface area contributed by atoms with E-state index in [1.165, 1.54) is 0 Å². The molecule has 0 aliphatic heterocycles. The van der Waals surface area contributed by atoms with Crippen LogP contribution in [0.25, 0.3) is 0 Å². The Balaban J connectivity index is 2.99. The highest BCUT2D eigenvalue weighted by Crippen LogP contribution is 2.11. The van der Waals surface area contributed by atoms with E-state index in [1.54, 1.807) is 0 Å². The fraction of sp³-hybridized carbons (Fsp3) is 0.273. The summed E-state index contributed by atoms with van der Waals surface area (Å²) in [6, 6.07) is 5.43. The normalized spacial score (nSPS) is 11.3. The number of benzene rings is 1. The van der Waals surface area contributed by atoms with Crippen LogP contribution in [0.4, 0.5) is 4.79 Å². The number of rotatable bonds is 2. The third kappa shape index (κ3) is 3.09. The van der Waals surface area contributed by atoms with Crippen molar-refractivity contribution in [2.75, 3.05) is 0 Å². The lowest BCUT2D eigenvalue weighted by Crippen LogP contribution is -2.25. The van der Waals surface area contributed by atoms with Crippen molar-refractivity contribution >= 4 is 11.7 Å². The number of nitrogens with zero attached hydrogens (tertiary/aromatic N) is 1. The molecule has 0 spiro atoms. The summed E-state index contributed by atoms with van der Waals surface area (Å²) < 4.78 is 0. The van der Waals surface area contributed by atoms with Gasteiger partial charge in [-0.3, -0.25) is 0 Å². The minimum absolute atomic E-state index is 0.653. The Hall–Kier alpha value is -1.84. The highest BCUT2D eigenvalue weighted by atomic mass is 16.2. The summed E-state index contributed by atoms with van der Waals surface area (Å²) in [5.74, 6) is 0. The van der Waals surface area contributed by atoms with Crippen molar-refractivity contribution in [3.63, 3.8) is 0 Å². The number of carbonyl (C=O) groups is 1. The lowest BCUT2D eigenvalue weighted by atomic mass is 10.0. The van der Waals surface area contributed by atoms with Gasteiger partial charge in [0.25, 0.3) is 0 Å². The van der Waals surface area contributed by atoms with E-state index in [-0.39, 0.29) is 0 Å². The number of nitrogens with two attached hydrogens (primary N) is 1. The Bertz CT molecular complexity index is 410. The van der Waals surface area contributed by atoms with Crippen molar-refractivity contribution in [1.82, 2.24) is 5.43 Å². The molecule has 0 aliphatic carbocycles. The van der Waals surface area contributed by atoms with Gasteiger partial charge in [-0.1, -0.05) is 17.7 Å². The Labute approximate surface area is 89.2 Å². The molecule has 2 amide bonds. The number of hydrazone groups is 1. The first kappa shape index (κ1) is 11.2. The van der Waals surface area contributed by atoms with Crippen LogP contribution in [0.3, 0.4) is 0 Å². The monoisotopic (exact) mass is 205 g/mol. The first-order chi connectivity index (χ1) is 7.00. The maximum atomic E-state index is 10.5. The molecule has 0 saturated carbocycles. The second kappa shape index (κ2) is 4.59. The van der Waals surface area contributed by atoms with Gasteiger partial charge in [0.1, 0.15) is 0 Å². The summed E-state index contributed by atoms with van der Waals surface area (Å²) in [6.45, 7) is 5.84. The van der Waals surface area contributed by atoms with Crippen molar-refractivity contribution < 1.29 is 4.79 Å². The topological polar surface area (TPSA) is 67.5 Å². The van der Waals surface area contributed by atoms with Crippen LogP contribution in [0.15, 0.2) is 23.3 Å². The molecule has 0 unspecified atom stereocenters. The zero-order valence-electron chi connectivity index (χ0n) is 9.16. The molecule has 0 fully saturated rings. The molecule has 3 N–H and O–H groups in total. The smallest absolute Gasteiger partial charge is 0.332 e. The van der Waals surface area contributed by atoms with Crippen LogP contribution >= 0.6 is 0 Å². The summed E-state index contributed by atoms with van der Waals surface area (Å²) in [7, 11) is 0. The summed E-state index contributed by atoms with van der Waals surface area (Å²) in [5, 5.41) is 3.89. The lowest BCUT2D eigenvalue weighted by Gasteiger charge is -2.06. The number of hydrogen-bond acceptors (Lipinski definition) is 2. The molecule has 0 bridgehead atoms. The molecule has 0 aliphatic rings. The van der Waals surface area contributed by atoms with Crippen molar-refractivity contribution in [2.45, 2.75) is 20.8 Å². The number of primary amides is 1. The second-order valence-corrected chi connectivity index (χ2v) is 3.49. The van der Waals surface area contributed by atoms with E-state index in [4.69, 9.17) is 5.73 Å². The minimum Gasteiger partial charge on any atom is -0.350 e. The van der Waals surface area contributed by atoms with Crippen LogP contribution in [0.1, 0.15) is 23.6 Å². The Morgan fingerprint density at radius 2 is 2.07 bits per heavy atom. The zero-order chi connectivity index (χ0) is 11.4. The Morgan fingerprint density at radius 3 is 2.67 bits per heavy atom. The molecule has 0 aromatic heterocycles. The molecule has 0 radical (unpaired) electrons. The van der Waals surface area contributed by atoms with Gasteiger partial charge in [0.15, 0.2) is 0 Å². The van der Waals surface area contributed by atoms with E-state index in [0.717, 1.165) is 22.4 Å². The molecular formula is C11H15N3O. The number of carbonyl (C=O) groups excluding carboxylic acids is 1. The quantitative estimate of drug-likeness (QED) is 0.560. The van der Waals surface area contributed by atoms with Gasteiger partial charge in [-0.15, -0.1) is 0 Å². The van der Waals surface area contributed by atoms with E-state index in [9.17, 15) is 4.79 Å². The molecule has 4 nitrogen and oxygen atoms in total. The number of hydrogen-bond donors (Lipinski definition) is 2. The summed E-state index contributed by atoms with van der Waals surface area (Å²) in [5.41, 5.74) is 11.2. The predicted molar refractivity (Wildman–Crippen MR) is 60.8 cm³/mol. The zero-order valence-corrected chi connectivity index (χ0v) is 9.16. The summed E-state index contributed by atoms with van der Waals surface area (Å²) in [6.07, 6.45) is 0. The summed E-state index contributed by atoms with van der Waals surface area (Å²) >= 11 is 0. The molecular weight excluding hydrogens is 190 g/mol. The second-order valence-electron chi connectivity index (χ2n) is 3.49. The van der Waals surface area contributed by atoms with Crippen LogP contribution in [0.5, 0.6) is 0 Å². The van der Waals surface area contributed by atoms with Gasteiger partial charge in [0.2, 0.25) is 0 Å². The molecule has 1 aromatic rings. The molecule has 4 heteroatoms. The number of nitrogens with one attached hydrogen (secondary N) is 1. The van der Waals surface area contributed by atoms with Crippen LogP contribution in [-0.4, -0.2) is 11.7 Å². The maximum absolute atomic E-state index is 10.5. The first-order valence-corrected chi connectivity index (χ1v) is 4.68. The third-order valence-corrected chi connectivity index (χ3v) is 2.12. The van der Waals surface area contributed by atoms with Gasteiger partial charge in [-0.25, -0.2) is 10.2 Å². The van der Waals surface area contributed by atoms with Crippen molar-refractivity contribution in [3.05, 3.63) is 34.9 Å². The fourth-order valence-corrected chi connectivity index (χ4v) is 1.32. The van der Waals surface area contributed by atoms with Gasteiger partial charge in [0, 0.05) is 5.56 Å². The van der Waals surface area contributed by atoms with Gasteiger partial charge in [0.05, 0.1) is 5.71 Å². The van der Waals surface area contributed by atoms with E-state index in [2.05, 4.69) is 10.5 Å². The Morgan fingerprint density at radius 1 is 1.40 bits per heavy atom. The molecule has 1 aromatic carbocycles. The molecule has 1 rings (SSSR count). The van der Waals surface area contributed by atoms with Crippen LogP contribution in [0.2, 0.25) is 0 Å². The fourth-order valence-electron chi connectivity index (χ4n) is 1.32. The van der Waals surface area contributed by atoms with E-state index >= 15 is 0 Å². The number of urea groups is 1. The molecule has 80 valence electrons. The molecule has 15 heavy (non-hydrogen) atoms. The average molecular weight is 205 g/mol. The molecule has 0 atom stereocenters. The van der Waals surface area contributed by atoms with Crippen molar-refractivity contribution in [1.29, 1.82) is 0 Å². The lowest BCUT2D eigenvalue weighted by molar-refractivity contribution is 0.249. The van der Waals surface area contributed by atoms with Gasteiger partial charge < -0.3 is 5.73 Å². The van der Waals surface area contributed by atoms with Gasteiger partial charge >= 0.3 is 6.03 Å². The third-order valence-electron chi connectivity index (χ3n) is 2.12. The standard InChI is InChI=1S/C11H15N3O/c1-7-4-5-8(2)10(6-7)9(3)13-14-11(12)15/h4-6H,1-3H3,(H3,12,14,15)/b13-9+. The minimum atomic E-state index is -0.653. The van der Waals surface area contributed by atoms with E-state index in [0.29, 0.717) is 0 Å². The van der Waals surface area contributed by atoms with Crippen LogP contribution < -0.4 is 11.2 Å². The number of aryl methyl sites for hydroxylation is 2. The predicted octanol–water partition coefficient (Wildman–Crippen LogP) is 1.70. The van der Waals surface area contributed by atoms with Crippen molar-refractivity contribution in [3.8, 4) is 0 Å². The first-order valence-electron chi connectivity index (χ1n) is 4.68. The highest BCUT2D eigenvalue weighted by molar-refractivity contribution is 6.00. The average Bonchev–Trinajstić information content (AvgIpc) is 2.18. The Kier molecular flexibility index (Phi) is 3.44. The van der Waals surface area contributed by atoms with Gasteiger partial charge in [-0.2, -0.15) is 5.10 Å². The molecule has 0 saturated heterocycles.